The number of rotatable bonds is 4. The summed E-state index contributed by atoms with van der Waals surface area (Å²) in [5.41, 5.74) is 0. The quantitative estimate of drug-likeness (QED) is 0.699. The Balaban J connectivity index is 2.32. The molecule has 0 spiro atoms. The number of likely N-dealkylation sites (N-methyl/N-ethyl adjacent to an activating group) is 1. The predicted octanol–water partition coefficient (Wildman–Crippen LogP) is 1.65. The monoisotopic (exact) mass is 248 g/mol. The zero-order valence-corrected chi connectivity index (χ0v) is 10.5. The summed E-state index contributed by atoms with van der Waals surface area (Å²) < 4.78 is 0. The second kappa shape index (κ2) is 5.32. The molecule has 0 bridgehead atoms. The summed E-state index contributed by atoms with van der Waals surface area (Å²) >= 11 is 3.48. The molecule has 0 amide bonds. The molecule has 2 nitrogen and oxygen atoms in total. The molecule has 13 heavy (non-hydrogen) atoms. The lowest BCUT2D eigenvalue weighted by atomic mass is 10.1. The van der Waals surface area contributed by atoms with E-state index in [1.165, 1.54) is 26.1 Å². The molecule has 1 rings (SSSR count). The standard InChI is InChI=1S/C10H21BrN2/c1-9-7-13(6-4-5-11)8-10(9)12(2)3/h9-10H,4-8H2,1-3H3. The first-order chi connectivity index (χ1) is 6.15. The van der Waals surface area contributed by atoms with Crippen molar-refractivity contribution in [2.75, 3.05) is 39.1 Å². The molecule has 1 heterocycles. The van der Waals surface area contributed by atoms with Crippen LogP contribution in [-0.2, 0) is 0 Å². The van der Waals surface area contributed by atoms with Crippen molar-refractivity contribution in [1.82, 2.24) is 9.80 Å². The van der Waals surface area contributed by atoms with Gasteiger partial charge in [-0.15, -0.1) is 0 Å². The summed E-state index contributed by atoms with van der Waals surface area (Å²) in [6, 6.07) is 0.760. The average molecular weight is 249 g/mol. The van der Waals surface area contributed by atoms with Crippen LogP contribution in [0.2, 0.25) is 0 Å². The Hall–Kier alpha value is 0.400. The van der Waals surface area contributed by atoms with E-state index in [1.54, 1.807) is 0 Å². The zero-order chi connectivity index (χ0) is 9.84. The highest BCUT2D eigenvalue weighted by atomic mass is 79.9. The summed E-state index contributed by atoms with van der Waals surface area (Å²) in [7, 11) is 4.38. The molecule has 1 saturated heterocycles. The Morgan fingerprint density at radius 2 is 2.08 bits per heavy atom. The SMILES string of the molecule is CC1CN(CCCBr)CC1N(C)C. The molecule has 0 aromatic heterocycles. The fraction of sp³-hybridized carbons (Fsp3) is 1.00. The molecule has 0 aromatic rings. The molecule has 3 heteroatoms. The van der Waals surface area contributed by atoms with Gasteiger partial charge < -0.3 is 9.80 Å². The van der Waals surface area contributed by atoms with Gasteiger partial charge >= 0.3 is 0 Å². The number of nitrogens with zero attached hydrogens (tertiary/aromatic N) is 2. The molecule has 1 aliphatic heterocycles. The molecule has 2 unspecified atom stereocenters. The molecule has 1 aliphatic rings. The Morgan fingerprint density at radius 1 is 1.38 bits per heavy atom. The first kappa shape index (κ1) is 11.5. The topological polar surface area (TPSA) is 6.48 Å². The van der Waals surface area contributed by atoms with Crippen molar-refractivity contribution in [3.8, 4) is 0 Å². The Labute approximate surface area is 90.4 Å². The minimum Gasteiger partial charge on any atom is -0.305 e. The van der Waals surface area contributed by atoms with Crippen molar-refractivity contribution in [3.63, 3.8) is 0 Å². The van der Waals surface area contributed by atoms with Crippen LogP contribution in [0.3, 0.4) is 0 Å². The Bertz CT molecular complexity index is 150. The van der Waals surface area contributed by atoms with Crippen molar-refractivity contribution in [2.24, 2.45) is 5.92 Å². The molecule has 1 fully saturated rings. The van der Waals surface area contributed by atoms with E-state index < -0.39 is 0 Å². The van der Waals surface area contributed by atoms with Crippen LogP contribution in [0.25, 0.3) is 0 Å². The molecule has 0 aromatic carbocycles. The van der Waals surface area contributed by atoms with E-state index in [1.807, 2.05) is 0 Å². The summed E-state index contributed by atoms with van der Waals surface area (Å²) in [5, 5.41) is 1.13. The average Bonchev–Trinajstić information content (AvgIpc) is 2.43. The maximum atomic E-state index is 3.48. The molecule has 2 atom stereocenters. The van der Waals surface area contributed by atoms with Gasteiger partial charge in [0.25, 0.3) is 0 Å². The molecule has 0 saturated carbocycles. The molecule has 78 valence electrons. The van der Waals surface area contributed by atoms with Gasteiger partial charge in [0.15, 0.2) is 0 Å². The van der Waals surface area contributed by atoms with E-state index in [0.717, 1.165) is 17.3 Å². The number of hydrogen-bond donors (Lipinski definition) is 0. The third-order valence-corrected chi connectivity index (χ3v) is 3.48. The van der Waals surface area contributed by atoms with E-state index in [4.69, 9.17) is 0 Å². The second-order valence-electron chi connectivity index (χ2n) is 4.31. The second-order valence-corrected chi connectivity index (χ2v) is 5.10. The van der Waals surface area contributed by atoms with Crippen LogP contribution >= 0.6 is 15.9 Å². The molecule has 0 aliphatic carbocycles. The highest BCUT2D eigenvalue weighted by molar-refractivity contribution is 9.09. The zero-order valence-electron chi connectivity index (χ0n) is 8.96. The molecular weight excluding hydrogens is 228 g/mol. The van der Waals surface area contributed by atoms with Gasteiger partial charge in [-0.1, -0.05) is 22.9 Å². The summed E-state index contributed by atoms with van der Waals surface area (Å²) in [4.78, 5) is 4.94. The third kappa shape index (κ3) is 3.22. The summed E-state index contributed by atoms with van der Waals surface area (Å²) in [6.45, 7) is 6.13. The molecular formula is C10H21BrN2. The largest absolute Gasteiger partial charge is 0.305 e. The van der Waals surface area contributed by atoms with Crippen molar-refractivity contribution in [3.05, 3.63) is 0 Å². The fourth-order valence-corrected chi connectivity index (χ4v) is 2.44. The number of alkyl halides is 1. The van der Waals surface area contributed by atoms with Crippen LogP contribution in [0.5, 0.6) is 0 Å². The lowest BCUT2D eigenvalue weighted by molar-refractivity contribution is 0.252. The van der Waals surface area contributed by atoms with E-state index in [2.05, 4.69) is 46.7 Å². The molecule has 0 radical (unpaired) electrons. The van der Waals surface area contributed by atoms with E-state index >= 15 is 0 Å². The van der Waals surface area contributed by atoms with Crippen molar-refractivity contribution in [2.45, 2.75) is 19.4 Å². The van der Waals surface area contributed by atoms with Gasteiger partial charge in [0.2, 0.25) is 0 Å². The highest BCUT2D eigenvalue weighted by Crippen LogP contribution is 2.19. The molecule has 0 N–H and O–H groups in total. The van der Waals surface area contributed by atoms with Crippen LogP contribution in [0, 0.1) is 5.92 Å². The Kier molecular flexibility index (Phi) is 4.70. The van der Waals surface area contributed by atoms with Gasteiger partial charge in [-0.2, -0.15) is 0 Å². The van der Waals surface area contributed by atoms with Gasteiger partial charge in [-0.3, -0.25) is 0 Å². The normalized spacial score (nSPS) is 30.2. The van der Waals surface area contributed by atoms with Crippen LogP contribution in [0.4, 0.5) is 0 Å². The third-order valence-electron chi connectivity index (χ3n) is 2.92. The Morgan fingerprint density at radius 3 is 2.54 bits per heavy atom. The highest BCUT2D eigenvalue weighted by Gasteiger charge is 2.30. The van der Waals surface area contributed by atoms with Gasteiger partial charge in [0, 0.05) is 24.5 Å². The van der Waals surface area contributed by atoms with Crippen LogP contribution in [0.15, 0.2) is 0 Å². The van der Waals surface area contributed by atoms with Crippen molar-refractivity contribution in [1.29, 1.82) is 0 Å². The van der Waals surface area contributed by atoms with Crippen LogP contribution in [-0.4, -0.2) is 54.9 Å². The maximum Gasteiger partial charge on any atom is 0.0254 e. The summed E-state index contributed by atoms with van der Waals surface area (Å²) in [5.74, 6) is 0.824. The van der Waals surface area contributed by atoms with Gasteiger partial charge in [0.1, 0.15) is 0 Å². The maximum absolute atomic E-state index is 3.48. The lowest BCUT2D eigenvalue weighted by Crippen LogP contribution is -2.34. The van der Waals surface area contributed by atoms with E-state index in [-0.39, 0.29) is 0 Å². The van der Waals surface area contributed by atoms with Crippen molar-refractivity contribution >= 4 is 15.9 Å². The summed E-state index contributed by atoms with van der Waals surface area (Å²) in [6.07, 6.45) is 1.27. The number of hydrogen-bond acceptors (Lipinski definition) is 2. The number of halogens is 1. The van der Waals surface area contributed by atoms with Crippen molar-refractivity contribution < 1.29 is 0 Å². The van der Waals surface area contributed by atoms with Gasteiger partial charge in [-0.25, -0.2) is 0 Å². The number of likely N-dealkylation sites (tertiary alicyclic amines) is 1. The minimum atomic E-state index is 0.760. The fourth-order valence-electron chi connectivity index (χ4n) is 2.19. The van der Waals surface area contributed by atoms with Gasteiger partial charge in [0.05, 0.1) is 0 Å². The minimum absolute atomic E-state index is 0.760. The predicted molar refractivity (Wildman–Crippen MR) is 61.5 cm³/mol. The smallest absolute Gasteiger partial charge is 0.0254 e. The first-order valence-corrected chi connectivity index (χ1v) is 6.22. The van der Waals surface area contributed by atoms with Crippen LogP contribution < -0.4 is 0 Å². The van der Waals surface area contributed by atoms with E-state index in [0.29, 0.717) is 0 Å². The van der Waals surface area contributed by atoms with E-state index in [9.17, 15) is 0 Å². The lowest BCUT2D eigenvalue weighted by Gasteiger charge is -2.22. The van der Waals surface area contributed by atoms with Crippen LogP contribution in [0.1, 0.15) is 13.3 Å². The van der Waals surface area contributed by atoms with Gasteiger partial charge in [-0.05, 0) is 33.0 Å². The first-order valence-electron chi connectivity index (χ1n) is 5.10.